The third-order valence-electron chi connectivity index (χ3n) is 5.48. The minimum atomic E-state index is -0.252. The van der Waals surface area contributed by atoms with Gasteiger partial charge >= 0.3 is 0 Å². The van der Waals surface area contributed by atoms with Gasteiger partial charge in [-0.1, -0.05) is 35.9 Å². The van der Waals surface area contributed by atoms with Crippen molar-refractivity contribution in [2.45, 2.75) is 25.0 Å². The third kappa shape index (κ3) is 4.52. The summed E-state index contributed by atoms with van der Waals surface area (Å²) >= 11 is 5.94. The number of nitrogens with zero attached hydrogens (tertiary/aromatic N) is 2. The molecule has 7 heteroatoms. The van der Waals surface area contributed by atoms with Crippen LogP contribution >= 0.6 is 11.6 Å². The van der Waals surface area contributed by atoms with Crippen molar-refractivity contribution in [1.29, 1.82) is 0 Å². The van der Waals surface area contributed by atoms with Gasteiger partial charge in [-0.15, -0.1) is 0 Å². The number of halogens is 2. The summed E-state index contributed by atoms with van der Waals surface area (Å²) in [6, 6.07) is 14.1. The van der Waals surface area contributed by atoms with Gasteiger partial charge in [0.25, 0.3) is 0 Å². The monoisotopic (exact) mass is 402 g/mol. The van der Waals surface area contributed by atoms with Crippen molar-refractivity contribution in [3.05, 3.63) is 70.5 Å². The Bertz CT molecular complexity index is 806. The van der Waals surface area contributed by atoms with E-state index >= 15 is 0 Å². The van der Waals surface area contributed by atoms with Gasteiger partial charge in [0.1, 0.15) is 11.9 Å². The quantitative estimate of drug-likeness (QED) is 0.825. The minimum Gasteiger partial charge on any atom is -0.339 e. The topological polar surface area (TPSA) is 47.6 Å². The maximum absolute atomic E-state index is 13.1. The molecule has 2 atom stereocenters. The number of carbonyl (C=O) groups excluding carboxylic acids is 1. The molecule has 2 saturated heterocycles. The number of nitrogens with one attached hydrogen (secondary N) is 2. The number of rotatable bonds is 4. The highest BCUT2D eigenvalue weighted by molar-refractivity contribution is 6.30. The zero-order valence-electron chi connectivity index (χ0n) is 15.6. The fourth-order valence-electron chi connectivity index (χ4n) is 3.83. The second-order valence-electron chi connectivity index (χ2n) is 7.41. The van der Waals surface area contributed by atoms with Crippen LogP contribution in [0.3, 0.4) is 0 Å². The van der Waals surface area contributed by atoms with Crippen LogP contribution in [0.5, 0.6) is 0 Å². The zero-order chi connectivity index (χ0) is 19.5. The number of piperazine rings is 1. The second kappa shape index (κ2) is 8.57. The number of carbonyl (C=O) groups is 1. The van der Waals surface area contributed by atoms with Crippen molar-refractivity contribution in [2.75, 3.05) is 26.2 Å². The van der Waals surface area contributed by atoms with Gasteiger partial charge < -0.3 is 4.90 Å². The molecule has 2 heterocycles. The molecule has 148 valence electrons. The van der Waals surface area contributed by atoms with E-state index < -0.39 is 0 Å². The summed E-state index contributed by atoms with van der Waals surface area (Å²) in [7, 11) is 0. The van der Waals surface area contributed by atoms with Gasteiger partial charge in [0, 0.05) is 43.8 Å². The van der Waals surface area contributed by atoms with E-state index in [-0.39, 0.29) is 23.8 Å². The van der Waals surface area contributed by atoms with Crippen LogP contribution < -0.4 is 10.9 Å². The molecule has 2 aromatic carbocycles. The first kappa shape index (κ1) is 19.3. The molecule has 2 fully saturated rings. The largest absolute Gasteiger partial charge is 0.339 e. The smallest absolute Gasteiger partial charge is 0.241 e. The average molecular weight is 403 g/mol. The van der Waals surface area contributed by atoms with Crippen molar-refractivity contribution in [3.63, 3.8) is 0 Å². The zero-order valence-corrected chi connectivity index (χ0v) is 16.3. The molecule has 0 spiro atoms. The highest BCUT2D eigenvalue weighted by atomic mass is 35.5. The summed E-state index contributed by atoms with van der Waals surface area (Å²) in [5.41, 5.74) is 8.49. The first-order chi connectivity index (χ1) is 13.6. The first-order valence-corrected chi connectivity index (χ1v) is 9.98. The Balaban J connectivity index is 1.27. The van der Waals surface area contributed by atoms with Crippen molar-refractivity contribution in [2.24, 2.45) is 0 Å². The summed E-state index contributed by atoms with van der Waals surface area (Å²) in [6.07, 6.45) is 0.662. The van der Waals surface area contributed by atoms with Crippen molar-refractivity contribution in [1.82, 2.24) is 20.7 Å². The van der Waals surface area contributed by atoms with Crippen molar-refractivity contribution >= 4 is 17.5 Å². The molecule has 2 aliphatic rings. The fraction of sp³-hybridized carbons (Fsp3) is 0.381. The number of hydrogen-bond donors (Lipinski definition) is 2. The van der Waals surface area contributed by atoms with E-state index in [1.165, 1.54) is 17.7 Å². The van der Waals surface area contributed by atoms with Gasteiger partial charge in [-0.3, -0.25) is 9.69 Å². The van der Waals surface area contributed by atoms with Gasteiger partial charge in [0.2, 0.25) is 5.91 Å². The lowest BCUT2D eigenvalue weighted by Gasteiger charge is -2.35. The highest BCUT2D eigenvalue weighted by Crippen LogP contribution is 2.23. The summed E-state index contributed by atoms with van der Waals surface area (Å²) < 4.78 is 13.1. The molecular formula is C21H24ClFN4O. The van der Waals surface area contributed by atoms with E-state index in [4.69, 9.17) is 11.6 Å². The van der Waals surface area contributed by atoms with E-state index in [1.807, 2.05) is 29.2 Å². The van der Waals surface area contributed by atoms with E-state index in [0.717, 1.165) is 43.3 Å². The summed E-state index contributed by atoms with van der Waals surface area (Å²) in [4.78, 5) is 17.2. The second-order valence-corrected chi connectivity index (χ2v) is 7.85. The number of hydrogen-bond acceptors (Lipinski definition) is 4. The molecule has 2 aliphatic heterocycles. The maximum Gasteiger partial charge on any atom is 0.241 e. The van der Waals surface area contributed by atoms with Gasteiger partial charge in [0.15, 0.2) is 0 Å². The Kier molecular flexibility index (Phi) is 5.92. The first-order valence-electron chi connectivity index (χ1n) is 9.60. The van der Waals surface area contributed by atoms with Crippen LogP contribution in [0.4, 0.5) is 4.39 Å². The molecule has 4 rings (SSSR count). The van der Waals surface area contributed by atoms with E-state index in [1.54, 1.807) is 12.1 Å². The van der Waals surface area contributed by atoms with Crippen LogP contribution in [0, 0.1) is 5.82 Å². The van der Waals surface area contributed by atoms with Gasteiger partial charge in [-0.2, -0.15) is 0 Å². The lowest BCUT2D eigenvalue weighted by Crippen LogP contribution is -2.53. The molecule has 0 bridgehead atoms. The highest BCUT2D eigenvalue weighted by Gasteiger charge is 2.34. The number of benzene rings is 2. The van der Waals surface area contributed by atoms with Crippen molar-refractivity contribution in [3.8, 4) is 0 Å². The van der Waals surface area contributed by atoms with Crippen LogP contribution in [0.15, 0.2) is 48.5 Å². The predicted molar refractivity (Wildman–Crippen MR) is 107 cm³/mol. The molecule has 2 aromatic rings. The summed E-state index contributed by atoms with van der Waals surface area (Å²) in [5, 5.41) is 0.746. The Morgan fingerprint density at radius 2 is 1.68 bits per heavy atom. The lowest BCUT2D eigenvalue weighted by molar-refractivity contribution is -0.135. The molecule has 0 saturated carbocycles. The lowest BCUT2D eigenvalue weighted by atomic mass is 10.0. The fourth-order valence-corrected chi connectivity index (χ4v) is 3.95. The van der Waals surface area contributed by atoms with Crippen LogP contribution in [0.1, 0.15) is 23.6 Å². The van der Waals surface area contributed by atoms with Gasteiger partial charge in [-0.25, -0.2) is 15.2 Å². The van der Waals surface area contributed by atoms with E-state index in [0.29, 0.717) is 6.42 Å². The molecule has 0 radical (unpaired) electrons. The Morgan fingerprint density at radius 1 is 1.00 bits per heavy atom. The molecule has 1 amide bonds. The maximum atomic E-state index is 13.1. The van der Waals surface area contributed by atoms with Crippen LogP contribution in [-0.2, 0) is 11.3 Å². The van der Waals surface area contributed by atoms with Crippen molar-refractivity contribution < 1.29 is 9.18 Å². The molecule has 28 heavy (non-hydrogen) atoms. The van der Waals surface area contributed by atoms with Crippen LogP contribution in [0.25, 0.3) is 0 Å². The number of hydrazine groups is 1. The number of amides is 1. The van der Waals surface area contributed by atoms with Gasteiger partial charge in [-0.05, 0) is 41.8 Å². The molecule has 0 aromatic heterocycles. The summed E-state index contributed by atoms with van der Waals surface area (Å²) in [5.74, 6) is -0.123. The minimum absolute atomic E-state index is 0.0146. The Morgan fingerprint density at radius 3 is 2.36 bits per heavy atom. The van der Waals surface area contributed by atoms with E-state index in [2.05, 4.69) is 15.8 Å². The molecule has 0 aliphatic carbocycles. The van der Waals surface area contributed by atoms with E-state index in [9.17, 15) is 9.18 Å². The predicted octanol–water partition coefficient (Wildman–Crippen LogP) is 2.73. The van der Waals surface area contributed by atoms with Gasteiger partial charge in [0.05, 0.1) is 0 Å². The Hall–Kier alpha value is -1.99. The van der Waals surface area contributed by atoms with Crippen LogP contribution in [0.2, 0.25) is 5.02 Å². The van der Waals surface area contributed by atoms with Crippen LogP contribution in [-0.4, -0.2) is 47.9 Å². The molecular weight excluding hydrogens is 379 g/mol. The summed E-state index contributed by atoms with van der Waals surface area (Å²) in [6.45, 7) is 4.04. The average Bonchev–Trinajstić information content (AvgIpc) is 3.20. The molecule has 2 N–H and O–H groups in total. The SMILES string of the molecule is O=C(C1CC(c2ccc(F)cc2)NN1)N1CCN(Cc2ccc(Cl)cc2)CC1. The standard InChI is InChI=1S/C21H24ClFN4O/c22-17-5-1-15(2-6-17)14-26-9-11-27(12-10-26)21(28)20-13-19(24-25-20)16-3-7-18(23)8-4-16/h1-8,19-20,24-25H,9-14H2. The Labute approximate surface area is 169 Å². The molecule has 2 unspecified atom stereocenters. The molecule has 5 nitrogen and oxygen atoms in total. The third-order valence-corrected chi connectivity index (χ3v) is 5.73. The normalized spacial score (nSPS) is 23.1.